The lowest BCUT2D eigenvalue weighted by Gasteiger charge is -2.07. The van der Waals surface area contributed by atoms with Crippen LogP contribution in [0.25, 0.3) is 5.65 Å². The number of aromatic nitrogens is 2. The highest BCUT2D eigenvalue weighted by Gasteiger charge is 2.14. The number of fused-ring (bicyclic) bond motifs is 1. The number of carbonyl (C=O) groups excluding carboxylic acids is 1. The fourth-order valence-electron chi connectivity index (χ4n) is 2.63. The van der Waals surface area contributed by atoms with Gasteiger partial charge in [-0.3, -0.25) is 4.79 Å². The normalized spacial score (nSPS) is 10.9. The average Bonchev–Trinajstić information content (AvgIpc) is 2.84. The predicted octanol–water partition coefficient (Wildman–Crippen LogP) is 2.95. The van der Waals surface area contributed by atoms with Crippen LogP contribution in [0.1, 0.15) is 22.5 Å². The fourth-order valence-corrected chi connectivity index (χ4v) is 2.63. The zero-order valence-electron chi connectivity index (χ0n) is 13.1. The minimum Gasteiger partial charge on any atom is -0.352 e. The third-order valence-electron chi connectivity index (χ3n) is 3.91. The third-order valence-corrected chi connectivity index (χ3v) is 3.91. The Morgan fingerprint density at radius 3 is 2.78 bits per heavy atom. The van der Waals surface area contributed by atoms with E-state index in [1.165, 1.54) is 6.07 Å². The SMILES string of the molecule is Cc1nc2c(C)cccn2c1CC(=O)NCc1ccccc1F. The number of rotatable bonds is 4. The molecule has 0 atom stereocenters. The van der Waals surface area contributed by atoms with Crippen molar-refractivity contribution in [3.05, 3.63) is 70.9 Å². The van der Waals surface area contributed by atoms with Crippen LogP contribution in [0.4, 0.5) is 4.39 Å². The Labute approximate surface area is 134 Å². The maximum atomic E-state index is 13.6. The van der Waals surface area contributed by atoms with E-state index in [2.05, 4.69) is 10.3 Å². The van der Waals surface area contributed by atoms with Crippen LogP contribution in [0.2, 0.25) is 0 Å². The molecule has 0 saturated heterocycles. The molecule has 0 bridgehead atoms. The summed E-state index contributed by atoms with van der Waals surface area (Å²) >= 11 is 0. The third kappa shape index (κ3) is 3.08. The first-order valence-electron chi connectivity index (χ1n) is 7.49. The quantitative estimate of drug-likeness (QED) is 0.805. The molecule has 0 fully saturated rings. The summed E-state index contributed by atoms with van der Waals surface area (Å²) in [5.74, 6) is -0.464. The van der Waals surface area contributed by atoms with Crippen molar-refractivity contribution in [1.82, 2.24) is 14.7 Å². The van der Waals surface area contributed by atoms with Crippen LogP contribution in [-0.2, 0) is 17.8 Å². The second-order valence-corrected chi connectivity index (χ2v) is 5.57. The number of nitrogens with one attached hydrogen (secondary N) is 1. The van der Waals surface area contributed by atoms with Gasteiger partial charge in [-0.25, -0.2) is 9.37 Å². The molecule has 1 amide bonds. The van der Waals surface area contributed by atoms with Crippen molar-refractivity contribution < 1.29 is 9.18 Å². The van der Waals surface area contributed by atoms with Crippen molar-refractivity contribution in [2.24, 2.45) is 0 Å². The van der Waals surface area contributed by atoms with E-state index in [0.717, 1.165) is 22.6 Å². The largest absolute Gasteiger partial charge is 0.352 e. The lowest BCUT2D eigenvalue weighted by Crippen LogP contribution is -2.25. The van der Waals surface area contributed by atoms with Crippen LogP contribution in [0.5, 0.6) is 0 Å². The Balaban J connectivity index is 1.75. The van der Waals surface area contributed by atoms with Gasteiger partial charge in [0.2, 0.25) is 5.91 Å². The molecule has 0 unspecified atom stereocenters. The second-order valence-electron chi connectivity index (χ2n) is 5.57. The molecule has 23 heavy (non-hydrogen) atoms. The molecule has 3 rings (SSSR count). The van der Waals surface area contributed by atoms with Gasteiger partial charge in [-0.15, -0.1) is 0 Å². The van der Waals surface area contributed by atoms with Gasteiger partial charge < -0.3 is 9.72 Å². The number of benzene rings is 1. The smallest absolute Gasteiger partial charge is 0.226 e. The summed E-state index contributed by atoms with van der Waals surface area (Å²) in [6.07, 6.45) is 2.12. The first kappa shape index (κ1) is 15.2. The molecule has 1 aromatic carbocycles. The Kier molecular flexibility index (Phi) is 4.10. The number of nitrogens with zero attached hydrogens (tertiary/aromatic N) is 2. The van der Waals surface area contributed by atoms with Gasteiger partial charge in [0.1, 0.15) is 11.5 Å². The molecule has 5 heteroatoms. The highest BCUT2D eigenvalue weighted by atomic mass is 19.1. The molecular formula is C18H18FN3O. The van der Waals surface area contributed by atoms with Crippen molar-refractivity contribution in [2.75, 3.05) is 0 Å². The number of imidazole rings is 1. The Hall–Kier alpha value is -2.69. The highest BCUT2D eigenvalue weighted by molar-refractivity contribution is 5.78. The zero-order chi connectivity index (χ0) is 16.4. The first-order chi connectivity index (χ1) is 11.1. The Morgan fingerprint density at radius 2 is 2.00 bits per heavy atom. The molecule has 0 aliphatic carbocycles. The molecule has 0 spiro atoms. The van der Waals surface area contributed by atoms with E-state index in [-0.39, 0.29) is 24.7 Å². The van der Waals surface area contributed by atoms with Gasteiger partial charge in [-0.2, -0.15) is 0 Å². The standard InChI is InChI=1S/C18H18FN3O/c1-12-6-5-9-22-16(13(2)21-18(12)22)10-17(23)20-11-14-7-3-4-8-15(14)19/h3-9H,10-11H2,1-2H3,(H,20,23). The van der Waals surface area contributed by atoms with Crippen LogP contribution in [-0.4, -0.2) is 15.3 Å². The van der Waals surface area contributed by atoms with Crippen molar-refractivity contribution in [3.63, 3.8) is 0 Å². The number of hydrogen-bond acceptors (Lipinski definition) is 2. The van der Waals surface area contributed by atoms with E-state index in [1.54, 1.807) is 18.2 Å². The number of carbonyl (C=O) groups is 1. The van der Waals surface area contributed by atoms with Gasteiger partial charge >= 0.3 is 0 Å². The molecule has 1 N–H and O–H groups in total. The van der Waals surface area contributed by atoms with Crippen LogP contribution in [0.15, 0.2) is 42.6 Å². The van der Waals surface area contributed by atoms with Crippen molar-refractivity contribution in [3.8, 4) is 0 Å². The first-order valence-corrected chi connectivity index (χ1v) is 7.49. The van der Waals surface area contributed by atoms with Gasteiger partial charge in [0.15, 0.2) is 0 Å². The average molecular weight is 311 g/mol. The molecule has 3 aromatic rings. The summed E-state index contributed by atoms with van der Waals surface area (Å²) in [5, 5.41) is 2.76. The molecule has 2 heterocycles. The lowest BCUT2D eigenvalue weighted by atomic mass is 10.2. The minimum atomic E-state index is -0.311. The molecule has 118 valence electrons. The van der Waals surface area contributed by atoms with Gasteiger partial charge in [0, 0.05) is 18.3 Å². The summed E-state index contributed by atoms with van der Waals surface area (Å²) in [5.41, 5.74) is 4.09. The van der Waals surface area contributed by atoms with E-state index < -0.39 is 0 Å². The molecule has 0 aliphatic heterocycles. The summed E-state index contributed by atoms with van der Waals surface area (Å²) in [4.78, 5) is 16.7. The summed E-state index contributed by atoms with van der Waals surface area (Å²) in [6.45, 7) is 4.07. The molecule has 4 nitrogen and oxygen atoms in total. The molecule has 0 saturated carbocycles. The molecular weight excluding hydrogens is 293 g/mol. The van der Waals surface area contributed by atoms with E-state index in [4.69, 9.17) is 0 Å². The van der Waals surface area contributed by atoms with Crippen LogP contribution < -0.4 is 5.32 Å². The molecule has 2 aromatic heterocycles. The summed E-state index contributed by atoms with van der Waals surface area (Å²) in [6, 6.07) is 10.4. The van der Waals surface area contributed by atoms with Gasteiger partial charge in [-0.05, 0) is 31.5 Å². The van der Waals surface area contributed by atoms with E-state index >= 15 is 0 Å². The number of amides is 1. The number of hydrogen-bond donors (Lipinski definition) is 1. The number of aryl methyl sites for hydroxylation is 2. The predicted molar refractivity (Wildman–Crippen MR) is 86.6 cm³/mol. The van der Waals surface area contributed by atoms with Crippen LogP contribution in [0.3, 0.4) is 0 Å². The van der Waals surface area contributed by atoms with Crippen LogP contribution >= 0.6 is 0 Å². The Morgan fingerprint density at radius 1 is 1.22 bits per heavy atom. The van der Waals surface area contributed by atoms with E-state index in [1.807, 2.05) is 36.6 Å². The van der Waals surface area contributed by atoms with E-state index in [9.17, 15) is 9.18 Å². The lowest BCUT2D eigenvalue weighted by molar-refractivity contribution is -0.120. The number of halogens is 1. The second kappa shape index (κ2) is 6.20. The van der Waals surface area contributed by atoms with Crippen molar-refractivity contribution in [1.29, 1.82) is 0 Å². The van der Waals surface area contributed by atoms with Crippen LogP contribution in [0, 0.1) is 19.7 Å². The fraction of sp³-hybridized carbons (Fsp3) is 0.222. The number of pyridine rings is 1. The van der Waals surface area contributed by atoms with E-state index in [0.29, 0.717) is 5.56 Å². The maximum absolute atomic E-state index is 13.6. The minimum absolute atomic E-state index is 0.153. The molecule has 0 radical (unpaired) electrons. The maximum Gasteiger partial charge on any atom is 0.226 e. The zero-order valence-corrected chi connectivity index (χ0v) is 13.1. The highest BCUT2D eigenvalue weighted by Crippen LogP contribution is 2.16. The van der Waals surface area contributed by atoms with Gasteiger partial charge in [0.25, 0.3) is 0 Å². The summed E-state index contributed by atoms with van der Waals surface area (Å²) in [7, 11) is 0. The topological polar surface area (TPSA) is 46.4 Å². The van der Waals surface area contributed by atoms with Crippen molar-refractivity contribution in [2.45, 2.75) is 26.8 Å². The van der Waals surface area contributed by atoms with Gasteiger partial charge in [-0.1, -0.05) is 24.3 Å². The Bertz CT molecular complexity index is 870. The van der Waals surface area contributed by atoms with Gasteiger partial charge in [0.05, 0.1) is 17.8 Å². The summed E-state index contributed by atoms with van der Waals surface area (Å²) < 4.78 is 15.5. The molecule has 0 aliphatic rings. The monoisotopic (exact) mass is 311 g/mol. The van der Waals surface area contributed by atoms with Crippen molar-refractivity contribution >= 4 is 11.6 Å².